The van der Waals surface area contributed by atoms with Crippen LogP contribution in [0.25, 0.3) is 11.3 Å². The number of para-hydroxylation sites is 2. The van der Waals surface area contributed by atoms with E-state index in [1.807, 2.05) is 31.2 Å². The zero-order valence-corrected chi connectivity index (χ0v) is 12.8. The molecule has 7 heteroatoms. The van der Waals surface area contributed by atoms with Gasteiger partial charge in [0, 0.05) is 11.6 Å². The highest BCUT2D eigenvalue weighted by atomic mass is 16.6. The van der Waals surface area contributed by atoms with Crippen LogP contribution in [-0.4, -0.2) is 21.0 Å². The maximum atomic E-state index is 12.3. The van der Waals surface area contributed by atoms with Crippen molar-refractivity contribution >= 4 is 17.3 Å². The van der Waals surface area contributed by atoms with Crippen molar-refractivity contribution in [3.05, 3.63) is 76.0 Å². The Morgan fingerprint density at radius 3 is 2.58 bits per heavy atom. The Hall–Kier alpha value is -3.48. The molecule has 1 aromatic heterocycles. The van der Waals surface area contributed by atoms with Gasteiger partial charge in [0.25, 0.3) is 11.6 Å². The number of aromatic amines is 1. The molecule has 0 aliphatic rings. The summed E-state index contributed by atoms with van der Waals surface area (Å²) >= 11 is 0. The van der Waals surface area contributed by atoms with Crippen LogP contribution in [0.4, 0.5) is 11.4 Å². The summed E-state index contributed by atoms with van der Waals surface area (Å²) in [6, 6.07) is 15.3. The van der Waals surface area contributed by atoms with Gasteiger partial charge >= 0.3 is 0 Å². The Morgan fingerprint density at radius 1 is 1.17 bits per heavy atom. The predicted molar refractivity (Wildman–Crippen MR) is 89.8 cm³/mol. The number of amides is 1. The Kier molecular flexibility index (Phi) is 4.07. The number of hydrogen-bond donors (Lipinski definition) is 2. The van der Waals surface area contributed by atoms with Crippen LogP contribution in [0.3, 0.4) is 0 Å². The number of nitrogens with one attached hydrogen (secondary N) is 2. The third-order valence-electron chi connectivity index (χ3n) is 3.52. The first kappa shape index (κ1) is 15.4. The number of anilines is 1. The molecule has 3 aromatic rings. The topological polar surface area (TPSA) is 101 Å². The molecule has 0 saturated carbocycles. The van der Waals surface area contributed by atoms with E-state index in [1.165, 1.54) is 12.1 Å². The second-order valence-electron chi connectivity index (χ2n) is 5.26. The smallest absolute Gasteiger partial charge is 0.292 e. The van der Waals surface area contributed by atoms with Gasteiger partial charge < -0.3 is 5.32 Å². The largest absolute Gasteiger partial charge is 0.315 e. The lowest BCUT2D eigenvalue weighted by Gasteiger charge is -2.03. The second kappa shape index (κ2) is 6.33. The van der Waals surface area contributed by atoms with E-state index in [0.717, 1.165) is 11.1 Å². The molecule has 0 aliphatic carbocycles. The number of aryl methyl sites for hydroxylation is 1. The molecule has 1 heterocycles. The molecule has 1 amide bonds. The lowest BCUT2D eigenvalue weighted by molar-refractivity contribution is -0.383. The number of benzene rings is 2. The van der Waals surface area contributed by atoms with Crippen LogP contribution >= 0.6 is 0 Å². The van der Waals surface area contributed by atoms with E-state index in [2.05, 4.69) is 15.5 Å². The summed E-state index contributed by atoms with van der Waals surface area (Å²) in [6.07, 6.45) is 0. The second-order valence-corrected chi connectivity index (χ2v) is 5.26. The highest BCUT2D eigenvalue weighted by Crippen LogP contribution is 2.24. The first-order valence-corrected chi connectivity index (χ1v) is 7.22. The van der Waals surface area contributed by atoms with E-state index in [9.17, 15) is 14.9 Å². The van der Waals surface area contributed by atoms with Crippen molar-refractivity contribution < 1.29 is 9.72 Å². The lowest BCUT2D eigenvalue weighted by atomic mass is 10.1. The Balaban J connectivity index is 1.82. The number of carbonyl (C=O) groups excluding carboxylic acids is 1. The molecule has 0 atom stereocenters. The average Bonchev–Trinajstić information content (AvgIpc) is 3.06. The number of carbonyl (C=O) groups is 1. The molecule has 3 rings (SSSR count). The lowest BCUT2D eigenvalue weighted by Crippen LogP contribution is -2.13. The number of nitro benzene ring substituents is 1. The van der Waals surface area contributed by atoms with Crippen molar-refractivity contribution in [2.75, 3.05) is 5.32 Å². The van der Waals surface area contributed by atoms with Crippen LogP contribution < -0.4 is 5.32 Å². The first-order chi connectivity index (χ1) is 11.5. The predicted octanol–water partition coefficient (Wildman–Crippen LogP) is 3.55. The van der Waals surface area contributed by atoms with Gasteiger partial charge in [0.1, 0.15) is 11.4 Å². The fourth-order valence-corrected chi connectivity index (χ4v) is 2.24. The van der Waals surface area contributed by atoms with E-state index in [0.29, 0.717) is 5.69 Å². The number of H-pyrrole nitrogens is 1. The SMILES string of the molecule is Cc1ccc(-c2cc(C(=O)Nc3ccccc3[N+](=O)[O-])[nH]n2)cc1. The van der Waals surface area contributed by atoms with Gasteiger partial charge in [-0.05, 0) is 19.1 Å². The number of hydrogen-bond acceptors (Lipinski definition) is 4. The Morgan fingerprint density at radius 2 is 1.88 bits per heavy atom. The number of nitrogens with zero attached hydrogens (tertiary/aromatic N) is 2. The van der Waals surface area contributed by atoms with E-state index in [4.69, 9.17) is 0 Å². The van der Waals surface area contributed by atoms with Crippen LogP contribution in [-0.2, 0) is 0 Å². The molecule has 0 radical (unpaired) electrons. The minimum atomic E-state index is -0.541. The minimum Gasteiger partial charge on any atom is -0.315 e. The zero-order valence-electron chi connectivity index (χ0n) is 12.8. The van der Waals surface area contributed by atoms with Crippen LogP contribution in [0.5, 0.6) is 0 Å². The first-order valence-electron chi connectivity index (χ1n) is 7.22. The minimum absolute atomic E-state index is 0.138. The van der Waals surface area contributed by atoms with E-state index in [1.54, 1.807) is 18.2 Å². The normalized spacial score (nSPS) is 10.4. The Labute approximate surface area is 137 Å². The zero-order chi connectivity index (χ0) is 17.1. The molecular formula is C17H14N4O3. The Bertz CT molecular complexity index is 900. The van der Waals surface area contributed by atoms with E-state index >= 15 is 0 Å². The van der Waals surface area contributed by atoms with E-state index in [-0.39, 0.29) is 17.1 Å². The fraction of sp³-hybridized carbons (Fsp3) is 0.0588. The summed E-state index contributed by atoms with van der Waals surface area (Å²) in [4.78, 5) is 22.7. The summed E-state index contributed by atoms with van der Waals surface area (Å²) in [6.45, 7) is 1.99. The number of nitro groups is 1. The molecular weight excluding hydrogens is 308 g/mol. The summed E-state index contributed by atoms with van der Waals surface area (Å²) in [5.41, 5.74) is 2.83. The summed E-state index contributed by atoms with van der Waals surface area (Å²) in [5, 5.41) is 20.3. The average molecular weight is 322 g/mol. The third kappa shape index (κ3) is 3.14. The standard InChI is InChI=1S/C17H14N4O3/c1-11-6-8-12(9-7-11)14-10-15(20-19-14)17(22)18-13-4-2-3-5-16(13)21(23)24/h2-10H,1H3,(H,18,22)(H,19,20). The van der Waals surface area contributed by atoms with Crippen molar-refractivity contribution in [1.29, 1.82) is 0 Å². The van der Waals surface area contributed by atoms with Gasteiger partial charge in [0.2, 0.25) is 0 Å². The molecule has 24 heavy (non-hydrogen) atoms. The van der Waals surface area contributed by atoms with Gasteiger partial charge in [-0.15, -0.1) is 0 Å². The maximum Gasteiger partial charge on any atom is 0.292 e. The highest BCUT2D eigenvalue weighted by Gasteiger charge is 2.17. The van der Waals surface area contributed by atoms with Gasteiger partial charge in [0.05, 0.1) is 10.6 Å². The van der Waals surface area contributed by atoms with Crippen molar-refractivity contribution in [2.45, 2.75) is 6.92 Å². The van der Waals surface area contributed by atoms with Gasteiger partial charge in [-0.2, -0.15) is 5.10 Å². The molecule has 0 spiro atoms. The monoisotopic (exact) mass is 322 g/mol. The van der Waals surface area contributed by atoms with Crippen LogP contribution in [0.1, 0.15) is 16.1 Å². The fourth-order valence-electron chi connectivity index (χ4n) is 2.24. The molecule has 0 aliphatic heterocycles. The quantitative estimate of drug-likeness (QED) is 0.566. The maximum absolute atomic E-state index is 12.3. The molecule has 0 bridgehead atoms. The van der Waals surface area contributed by atoms with Gasteiger partial charge in [-0.3, -0.25) is 20.0 Å². The van der Waals surface area contributed by atoms with Crippen LogP contribution in [0.2, 0.25) is 0 Å². The molecule has 7 nitrogen and oxygen atoms in total. The molecule has 0 fully saturated rings. The van der Waals surface area contributed by atoms with Crippen molar-refractivity contribution in [3.8, 4) is 11.3 Å². The van der Waals surface area contributed by atoms with Crippen molar-refractivity contribution in [2.24, 2.45) is 0 Å². The number of aromatic nitrogens is 2. The molecule has 2 aromatic carbocycles. The number of rotatable bonds is 4. The summed E-state index contributed by atoms with van der Waals surface area (Å²) in [5.74, 6) is -0.491. The highest BCUT2D eigenvalue weighted by molar-refractivity contribution is 6.04. The van der Waals surface area contributed by atoms with Gasteiger partial charge in [-0.1, -0.05) is 42.0 Å². The van der Waals surface area contributed by atoms with Crippen LogP contribution in [0, 0.1) is 17.0 Å². The summed E-state index contributed by atoms with van der Waals surface area (Å²) in [7, 11) is 0. The third-order valence-corrected chi connectivity index (χ3v) is 3.52. The van der Waals surface area contributed by atoms with Crippen molar-refractivity contribution in [1.82, 2.24) is 10.2 Å². The molecule has 0 unspecified atom stereocenters. The van der Waals surface area contributed by atoms with Crippen LogP contribution in [0.15, 0.2) is 54.6 Å². The molecule has 2 N–H and O–H groups in total. The van der Waals surface area contributed by atoms with Gasteiger partial charge in [-0.25, -0.2) is 0 Å². The van der Waals surface area contributed by atoms with E-state index < -0.39 is 10.8 Å². The molecule has 120 valence electrons. The van der Waals surface area contributed by atoms with Crippen molar-refractivity contribution in [3.63, 3.8) is 0 Å². The van der Waals surface area contributed by atoms with Gasteiger partial charge in [0.15, 0.2) is 0 Å². The summed E-state index contributed by atoms with van der Waals surface area (Å²) < 4.78 is 0. The molecule has 0 saturated heterocycles.